The van der Waals surface area contributed by atoms with E-state index in [1.165, 1.54) is 33.4 Å². The zero-order chi connectivity index (χ0) is 23.7. The number of benzene rings is 4. The fraction of sp³-hybridized carbons (Fsp3) is 0.0667. The van der Waals surface area contributed by atoms with Gasteiger partial charge < -0.3 is 0 Å². The summed E-state index contributed by atoms with van der Waals surface area (Å²) in [5, 5.41) is 0. The van der Waals surface area contributed by atoms with Crippen molar-refractivity contribution in [1.29, 1.82) is 0 Å². The molecule has 0 bridgehead atoms. The Labute approximate surface area is 234 Å². The van der Waals surface area contributed by atoms with E-state index in [4.69, 9.17) is 0 Å². The van der Waals surface area contributed by atoms with Crippen LogP contribution in [0.3, 0.4) is 0 Å². The van der Waals surface area contributed by atoms with E-state index in [0.29, 0.717) is 0 Å². The van der Waals surface area contributed by atoms with Gasteiger partial charge in [-0.15, -0.1) is 0 Å². The van der Waals surface area contributed by atoms with E-state index >= 15 is 0 Å². The molecule has 0 unspecified atom stereocenters. The first-order valence-electron chi connectivity index (χ1n) is 10.9. The number of hydrogen-bond acceptors (Lipinski definition) is 0. The molecule has 0 aromatic heterocycles. The topological polar surface area (TPSA) is 0 Å². The van der Waals surface area contributed by atoms with Crippen LogP contribution in [0.2, 0.25) is 0 Å². The molecule has 1 saturated carbocycles. The van der Waals surface area contributed by atoms with Gasteiger partial charge in [0.25, 0.3) is 0 Å². The van der Waals surface area contributed by atoms with Crippen molar-refractivity contribution in [2.75, 3.05) is 0 Å². The minimum Gasteiger partial charge on any atom is -0.0573 e. The highest BCUT2D eigenvalue weighted by molar-refractivity contribution is 9.11. The van der Waals surface area contributed by atoms with Gasteiger partial charge in [-0.25, -0.2) is 0 Å². The first-order valence-corrected chi connectivity index (χ1v) is 14.1. The maximum atomic E-state index is 3.60. The molecule has 5 rings (SSSR count). The predicted molar refractivity (Wildman–Crippen MR) is 158 cm³/mol. The molecule has 0 amide bonds. The molecule has 4 aromatic rings. The van der Waals surface area contributed by atoms with Gasteiger partial charge in [-0.1, -0.05) is 124 Å². The second kappa shape index (κ2) is 10.5. The third-order valence-electron chi connectivity index (χ3n) is 6.18. The molecular weight excluding hydrogens is 680 g/mol. The van der Waals surface area contributed by atoms with Gasteiger partial charge in [-0.3, -0.25) is 0 Å². The lowest BCUT2D eigenvalue weighted by Crippen LogP contribution is -2.28. The van der Waals surface area contributed by atoms with Gasteiger partial charge in [0.2, 0.25) is 0 Å². The van der Waals surface area contributed by atoms with Gasteiger partial charge >= 0.3 is 0 Å². The van der Waals surface area contributed by atoms with Crippen LogP contribution in [0.4, 0.5) is 0 Å². The Morgan fingerprint density at radius 1 is 0.382 bits per heavy atom. The van der Waals surface area contributed by atoms with Crippen LogP contribution in [0, 0.1) is 0 Å². The van der Waals surface area contributed by atoms with Crippen molar-refractivity contribution in [3.63, 3.8) is 0 Å². The lowest BCUT2D eigenvalue weighted by atomic mass is 9.59. The van der Waals surface area contributed by atoms with Crippen LogP contribution in [-0.2, 0) is 0 Å². The Morgan fingerprint density at radius 2 is 0.647 bits per heavy atom. The summed E-state index contributed by atoms with van der Waals surface area (Å²) >= 11 is 14.3. The second-order valence-corrected chi connectivity index (χ2v) is 12.0. The second-order valence-electron chi connectivity index (χ2n) is 8.36. The minimum absolute atomic E-state index is 0.277. The number of rotatable bonds is 4. The van der Waals surface area contributed by atoms with E-state index < -0.39 is 0 Å². The summed E-state index contributed by atoms with van der Waals surface area (Å²) in [6, 6.07) is 34.6. The van der Waals surface area contributed by atoms with Gasteiger partial charge in [0.05, 0.1) is 0 Å². The summed E-state index contributed by atoms with van der Waals surface area (Å²) in [5.41, 5.74) is 7.79. The molecule has 4 heteroatoms. The van der Waals surface area contributed by atoms with Crippen LogP contribution in [-0.4, -0.2) is 0 Å². The Kier molecular flexibility index (Phi) is 7.41. The fourth-order valence-electron chi connectivity index (χ4n) is 4.53. The molecule has 0 spiro atoms. The van der Waals surface area contributed by atoms with E-state index in [1.807, 2.05) is 0 Å². The highest BCUT2D eigenvalue weighted by Gasteiger charge is 2.42. The molecule has 34 heavy (non-hydrogen) atoms. The molecule has 2 atom stereocenters. The first kappa shape index (κ1) is 24.0. The molecule has 168 valence electrons. The average Bonchev–Trinajstić information content (AvgIpc) is 2.84. The van der Waals surface area contributed by atoms with Crippen molar-refractivity contribution in [1.82, 2.24) is 0 Å². The molecule has 0 saturated heterocycles. The summed E-state index contributed by atoms with van der Waals surface area (Å²) in [4.78, 5) is 0. The number of halogens is 4. The molecule has 0 heterocycles. The van der Waals surface area contributed by atoms with E-state index in [1.54, 1.807) is 0 Å². The predicted octanol–water partition coefficient (Wildman–Crippen LogP) is 10.8. The highest BCUT2D eigenvalue weighted by atomic mass is 79.9. The summed E-state index contributed by atoms with van der Waals surface area (Å²) in [6.07, 6.45) is 4.69. The molecule has 1 aliphatic rings. The summed E-state index contributed by atoms with van der Waals surface area (Å²) in [5.74, 6) is 0.555. The van der Waals surface area contributed by atoms with Crippen molar-refractivity contribution in [2.24, 2.45) is 0 Å². The SMILES string of the molecule is Brc1ccc(/C=C2/C(=C/c3ccc(Br)cc3)[C@@H](c3ccc(Br)cc3)[C@H]2c2ccc(Br)cc2)cc1. The monoisotopic (exact) mass is 696 g/mol. The summed E-state index contributed by atoms with van der Waals surface area (Å²) in [6.45, 7) is 0. The van der Waals surface area contributed by atoms with E-state index in [2.05, 4.69) is 173 Å². The van der Waals surface area contributed by atoms with Crippen LogP contribution < -0.4 is 0 Å². The first-order chi connectivity index (χ1) is 16.5. The average molecular weight is 700 g/mol. The molecule has 1 aliphatic carbocycles. The van der Waals surface area contributed by atoms with E-state index in [9.17, 15) is 0 Å². The third kappa shape index (κ3) is 5.26. The third-order valence-corrected chi connectivity index (χ3v) is 8.29. The minimum atomic E-state index is 0.277. The smallest absolute Gasteiger partial charge is 0.0202 e. The number of allylic oxidation sites excluding steroid dienone is 2. The van der Waals surface area contributed by atoms with Crippen molar-refractivity contribution < 1.29 is 0 Å². The lowest BCUT2D eigenvalue weighted by molar-refractivity contribution is 0.596. The van der Waals surface area contributed by atoms with Gasteiger partial charge in [-0.2, -0.15) is 0 Å². The molecule has 0 nitrogen and oxygen atoms in total. The fourth-order valence-corrected chi connectivity index (χ4v) is 5.59. The van der Waals surface area contributed by atoms with Gasteiger partial charge in [0.15, 0.2) is 0 Å². The lowest BCUT2D eigenvalue weighted by Gasteiger charge is -2.44. The summed E-state index contributed by atoms with van der Waals surface area (Å²) < 4.78 is 4.37. The van der Waals surface area contributed by atoms with Crippen molar-refractivity contribution >= 4 is 75.9 Å². The molecule has 4 aromatic carbocycles. The van der Waals surface area contributed by atoms with E-state index in [-0.39, 0.29) is 11.8 Å². The van der Waals surface area contributed by atoms with Crippen LogP contribution in [0.1, 0.15) is 34.1 Å². The normalized spacial score (nSPS) is 19.9. The van der Waals surface area contributed by atoms with Crippen molar-refractivity contribution in [2.45, 2.75) is 11.8 Å². The Balaban J connectivity index is 1.68. The van der Waals surface area contributed by atoms with Gasteiger partial charge in [0.1, 0.15) is 0 Å². The van der Waals surface area contributed by atoms with Crippen molar-refractivity contribution in [3.8, 4) is 0 Å². The maximum absolute atomic E-state index is 3.60. The summed E-state index contributed by atoms with van der Waals surface area (Å²) in [7, 11) is 0. The van der Waals surface area contributed by atoms with Gasteiger partial charge in [0, 0.05) is 29.7 Å². The molecular formula is C30H20Br4. The molecule has 0 N–H and O–H groups in total. The van der Waals surface area contributed by atoms with Gasteiger partial charge in [-0.05, 0) is 81.9 Å². The van der Waals surface area contributed by atoms with Crippen LogP contribution in [0.5, 0.6) is 0 Å². The van der Waals surface area contributed by atoms with Crippen LogP contribution in [0.25, 0.3) is 12.2 Å². The number of hydrogen-bond donors (Lipinski definition) is 0. The molecule has 0 radical (unpaired) electrons. The van der Waals surface area contributed by atoms with Crippen LogP contribution >= 0.6 is 63.7 Å². The standard InChI is InChI=1S/C30H20Br4/c31-23-9-1-19(2-10-23)17-27-28(18-20-3-11-24(32)12-4-20)30(22-7-15-26(34)16-8-22)29(27)21-5-13-25(33)14-6-21/h1-18,29-30H/b27-17-,28-18-/t29-,30+. The zero-order valence-electron chi connectivity index (χ0n) is 18.1. The van der Waals surface area contributed by atoms with E-state index in [0.717, 1.165) is 17.9 Å². The Hall–Kier alpha value is -1.72. The quantitative estimate of drug-likeness (QED) is 0.199. The zero-order valence-corrected chi connectivity index (χ0v) is 24.4. The largest absolute Gasteiger partial charge is 0.0573 e. The van der Waals surface area contributed by atoms with Crippen LogP contribution in [0.15, 0.2) is 126 Å². The molecule has 0 aliphatic heterocycles. The highest BCUT2D eigenvalue weighted by Crippen LogP contribution is 2.58. The maximum Gasteiger partial charge on any atom is 0.0202 e. The molecule has 1 fully saturated rings. The Morgan fingerprint density at radius 3 is 0.941 bits per heavy atom. The van der Waals surface area contributed by atoms with Crippen molar-refractivity contribution in [3.05, 3.63) is 148 Å². The Bertz CT molecular complexity index is 1240.